The molecular weight excluding hydrogens is 658 g/mol. The van der Waals surface area contributed by atoms with E-state index in [9.17, 15) is 27.9 Å². The number of nitrogens with one attached hydrogen (secondary N) is 1. The number of aliphatic hydroxyl groups is 1. The normalized spacial score (nSPS) is 20.6. The summed E-state index contributed by atoms with van der Waals surface area (Å²) in [4.78, 5) is 41.9. The van der Waals surface area contributed by atoms with E-state index in [-0.39, 0.29) is 10.7 Å². The molecule has 0 bridgehead atoms. The summed E-state index contributed by atoms with van der Waals surface area (Å²) in [6.07, 6.45) is 3.37. The highest BCUT2D eigenvalue weighted by molar-refractivity contribution is 9.10. The quantitative estimate of drug-likeness (QED) is 0.152. The fourth-order valence-electron chi connectivity index (χ4n) is 5.63. The molecule has 0 aromatic heterocycles. The number of carbonyl (C=O) groups is 3. The standard InChI is InChI=1S/C34H28BrN3O6S/c1-45(43,44)27-17-13-25(14-18-27)36-38-29(32(40)23-7-11-24(35)12-8-23)20-19-28-30(38)34(42)37(33(28)41)26-15-9-22(10-16-26)31(39)21-5-3-2-4-6-21/h2-20,28-30,32,36,40H,1H3/t28?,29?,30-,32?/m0/s1. The molecule has 1 saturated heterocycles. The second-order valence-corrected chi connectivity index (χ2v) is 13.8. The van der Waals surface area contributed by atoms with Crippen molar-refractivity contribution in [3.8, 4) is 0 Å². The van der Waals surface area contributed by atoms with Crippen LogP contribution >= 0.6 is 15.9 Å². The van der Waals surface area contributed by atoms with Crippen molar-refractivity contribution in [2.24, 2.45) is 5.92 Å². The number of nitrogens with zero attached hydrogens (tertiary/aromatic N) is 2. The molecule has 228 valence electrons. The number of imide groups is 1. The van der Waals surface area contributed by atoms with E-state index in [1.165, 1.54) is 12.1 Å². The van der Waals surface area contributed by atoms with E-state index in [1.807, 2.05) is 6.07 Å². The number of ketones is 1. The zero-order chi connectivity index (χ0) is 31.9. The summed E-state index contributed by atoms with van der Waals surface area (Å²) in [6, 6.07) is 26.5. The monoisotopic (exact) mass is 685 g/mol. The minimum absolute atomic E-state index is 0.128. The van der Waals surface area contributed by atoms with Gasteiger partial charge in [0.1, 0.15) is 6.04 Å². The first-order valence-corrected chi connectivity index (χ1v) is 16.8. The Bertz CT molecular complexity index is 1900. The molecule has 1 fully saturated rings. The highest BCUT2D eigenvalue weighted by Crippen LogP contribution is 2.38. The number of anilines is 2. The molecule has 6 rings (SSSR count). The predicted octanol–water partition coefficient (Wildman–Crippen LogP) is 4.94. The number of aliphatic hydroxyl groups excluding tert-OH is 1. The topological polar surface area (TPSA) is 124 Å². The molecule has 0 aliphatic carbocycles. The van der Waals surface area contributed by atoms with E-state index in [0.29, 0.717) is 28.1 Å². The first kappa shape index (κ1) is 30.6. The van der Waals surface area contributed by atoms with Crippen molar-refractivity contribution < 1.29 is 27.9 Å². The number of hydrogen-bond donors (Lipinski definition) is 2. The lowest BCUT2D eigenvalue weighted by Crippen LogP contribution is -2.55. The second kappa shape index (κ2) is 12.2. The lowest BCUT2D eigenvalue weighted by atomic mass is 9.90. The zero-order valence-corrected chi connectivity index (χ0v) is 26.4. The number of carbonyl (C=O) groups excluding carboxylic acids is 3. The van der Waals surface area contributed by atoms with E-state index in [0.717, 1.165) is 15.6 Å². The van der Waals surface area contributed by atoms with E-state index in [1.54, 1.807) is 102 Å². The third-order valence-corrected chi connectivity index (χ3v) is 9.61. The molecule has 2 heterocycles. The summed E-state index contributed by atoms with van der Waals surface area (Å²) in [6.45, 7) is 0. The van der Waals surface area contributed by atoms with Crippen LogP contribution in [0.25, 0.3) is 0 Å². The van der Waals surface area contributed by atoms with Crippen molar-refractivity contribution >= 4 is 54.7 Å². The third kappa shape index (κ3) is 5.99. The van der Waals surface area contributed by atoms with Gasteiger partial charge in [0.25, 0.3) is 5.91 Å². The fourth-order valence-corrected chi connectivity index (χ4v) is 6.52. The number of fused-ring (bicyclic) bond motifs is 1. The second-order valence-electron chi connectivity index (χ2n) is 10.9. The Morgan fingerprint density at radius 3 is 2.07 bits per heavy atom. The van der Waals surface area contributed by atoms with Crippen molar-refractivity contribution in [3.05, 3.63) is 136 Å². The van der Waals surface area contributed by atoms with Crippen LogP contribution in [0.2, 0.25) is 0 Å². The van der Waals surface area contributed by atoms with Gasteiger partial charge in [0.2, 0.25) is 5.91 Å². The summed E-state index contributed by atoms with van der Waals surface area (Å²) >= 11 is 3.40. The van der Waals surface area contributed by atoms with Gasteiger partial charge in [-0.1, -0.05) is 70.5 Å². The Balaban J connectivity index is 1.33. The summed E-state index contributed by atoms with van der Waals surface area (Å²) in [7, 11) is -3.43. The van der Waals surface area contributed by atoms with E-state index < -0.39 is 45.8 Å². The largest absolute Gasteiger partial charge is 0.386 e. The molecule has 2 aliphatic rings. The Kier molecular flexibility index (Phi) is 8.27. The molecule has 4 aromatic carbocycles. The average Bonchev–Trinajstić information content (AvgIpc) is 3.30. The summed E-state index contributed by atoms with van der Waals surface area (Å²) in [5.74, 6) is -2.00. The van der Waals surface area contributed by atoms with Gasteiger partial charge in [0, 0.05) is 27.5 Å². The van der Waals surface area contributed by atoms with Gasteiger partial charge in [-0.05, 0) is 66.2 Å². The molecule has 11 heteroatoms. The van der Waals surface area contributed by atoms with Crippen molar-refractivity contribution in [1.29, 1.82) is 0 Å². The number of benzene rings is 4. The van der Waals surface area contributed by atoms with Gasteiger partial charge in [-0.15, -0.1) is 0 Å². The van der Waals surface area contributed by atoms with Crippen LogP contribution in [0.4, 0.5) is 11.4 Å². The van der Waals surface area contributed by atoms with Crippen molar-refractivity contribution in [2.45, 2.75) is 23.1 Å². The minimum atomic E-state index is -3.43. The Morgan fingerprint density at radius 1 is 0.822 bits per heavy atom. The van der Waals surface area contributed by atoms with Gasteiger partial charge in [-0.25, -0.2) is 18.3 Å². The highest BCUT2D eigenvalue weighted by atomic mass is 79.9. The van der Waals surface area contributed by atoms with Gasteiger partial charge in [0.05, 0.1) is 28.6 Å². The van der Waals surface area contributed by atoms with Crippen molar-refractivity contribution in [2.75, 3.05) is 16.6 Å². The van der Waals surface area contributed by atoms with E-state index in [2.05, 4.69) is 21.4 Å². The maximum absolute atomic E-state index is 14.1. The maximum Gasteiger partial charge on any atom is 0.254 e. The molecule has 0 saturated carbocycles. The number of rotatable bonds is 8. The van der Waals surface area contributed by atoms with Crippen molar-refractivity contribution in [1.82, 2.24) is 5.01 Å². The lowest BCUT2D eigenvalue weighted by Gasteiger charge is -2.40. The van der Waals surface area contributed by atoms with E-state index >= 15 is 0 Å². The number of amides is 2. The summed E-state index contributed by atoms with van der Waals surface area (Å²) in [5.41, 5.74) is 5.50. The SMILES string of the molecule is CS(=O)(=O)c1ccc(NN2C(C(O)c3ccc(Br)cc3)C=CC3C(=O)N(c4ccc(C(=O)c5ccccc5)cc4)C(=O)[C@H]32)cc1. The lowest BCUT2D eigenvalue weighted by molar-refractivity contribution is -0.123. The molecule has 2 aliphatic heterocycles. The Labute approximate surface area is 268 Å². The van der Waals surface area contributed by atoms with Crippen LogP contribution in [0.15, 0.2) is 125 Å². The summed E-state index contributed by atoms with van der Waals surface area (Å²) in [5, 5.41) is 13.1. The smallest absolute Gasteiger partial charge is 0.254 e. The van der Waals surface area contributed by atoms with Crippen LogP contribution in [-0.4, -0.2) is 54.5 Å². The molecule has 2 amide bonds. The molecule has 0 spiro atoms. The molecule has 3 unspecified atom stereocenters. The Morgan fingerprint density at radius 2 is 1.44 bits per heavy atom. The summed E-state index contributed by atoms with van der Waals surface area (Å²) < 4.78 is 24.8. The van der Waals surface area contributed by atoms with Gasteiger partial charge in [-0.2, -0.15) is 0 Å². The van der Waals surface area contributed by atoms with Gasteiger partial charge < -0.3 is 10.5 Å². The average molecular weight is 687 g/mol. The number of halogens is 1. The van der Waals surface area contributed by atoms with Crippen molar-refractivity contribution in [3.63, 3.8) is 0 Å². The molecular formula is C34H28BrN3O6S. The Hall–Kier alpha value is -4.42. The number of hydrogen-bond acceptors (Lipinski definition) is 8. The van der Waals surface area contributed by atoms with Gasteiger partial charge >= 0.3 is 0 Å². The van der Waals surface area contributed by atoms with Gasteiger partial charge in [-0.3, -0.25) is 14.4 Å². The molecule has 4 aromatic rings. The van der Waals surface area contributed by atoms with Crippen LogP contribution in [0.3, 0.4) is 0 Å². The predicted molar refractivity (Wildman–Crippen MR) is 173 cm³/mol. The number of sulfone groups is 1. The first-order valence-electron chi connectivity index (χ1n) is 14.1. The zero-order valence-electron chi connectivity index (χ0n) is 23.9. The molecule has 45 heavy (non-hydrogen) atoms. The number of hydrazine groups is 1. The van der Waals surface area contributed by atoms with Crippen LogP contribution in [-0.2, 0) is 19.4 Å². The van der Waals surface area contributed by atoms with Crippen LogP contribution in [0, 0.1) is 5.92 Å². The minimum Gasteiger partial charge on any atom is -0.386 e. The van der Waals surface area contributed by atoms with Crippen LogP contribution in [0.1, 0.15) is 27.6 Å². The van der Waals surface area contributed by atoms with Gasteiger partial charge in [0.15, 0.2) is 15.6 Å². The molecule has 0 radical (unpaired) electrons. The van der Waals surface area contributed by atoms with Crippen LogP contribution < -0.4 is 10.3 Å². The molecule has 2 N–H and O–H groups in total. The highest BCUT2D eigenvalue weighted by Gasteiger charge is 2.54. The molecule has 9 nitrogen and oxygen atoms in total. The third-order valence-electron chi connectivity index (χ3n) is 7.95. The maximum atomic E-state index is 14.1. The van der Waals surface area contributed by atoms with Crippen LogP contribution in [0.5, 0.6) is 0 Å². The first-order chi connectivity index (χ1) is 21.5. The molecule has 4 atom stereocenters. The fraction of sp³-hybridized carbons (Fsp3) is 0.147. The van der Waals surface area contributed by atoms with E-state index in [4.69, 9.17) is 0 Å².